The molecular formula is C14H18O3. The Labute approximate surface area is 101 Å². The zero-order valence-electron chi connectivity index (χ0n) is 10.1. The summed E-state index contributed by atoms with van der Waals surface area (Å²) in [7, 11) is 0. The Balaban J connectivity index is 2.56. The van der Waals surface area contributed by atoms with E-state index in [9.17, 15) is 9.59 Å². The van der Waals surface area contributed by atoms with E-state index in [-0.39, 0.29) is 5.78 Å². The molecule has 92 valence electrons. The summed E-state index contributed by atoms with van der Waals surface area (Å²) in [6, 6.07) is 9.64. The minimum atomic E-state index is -1.00. The van der Waals surface area contributed by atoms with E-state index in [0.717, 1.165) is 5.56 Å². The van der Waals surface area contributed by atoms with Crippen molar-refractivity contribution in [2.75, 3.05) is 0 Å². The Morgan fingerprint density at radius 1 is 1.24 bits per heavy atom. The van der Waals surface area contributed by atoms with Crippen LogP contribution >= 0.6 is 0 Å². The summed E-state index contributed by atoms with van der Waals surface area (Å²) in [4.78, 5) is 22.6. The maximum atomic E-state index is 11.6. The second kappa shape index (κ2) is 6.84. The van der Waals surface area contributed by atoms with Gasteiger partial charge in [-0.15, -0.1) is 0 Å². The first-order valence-electron chi connectivity index (χ1n) is 5.94. The first-order valence-corrected chi connectivity index (χ1v) is 5.94. The fourth-order valence-corrected chi connectivity index (χ4v) is 1.80. The zero-order valence-corrected chi connectivity index (χ0v) is 10.1. The molecule has 1 N–H and O–H groups in total. The largest absolute Gasteiger partial charge is 0.481 e. The lowest BCUT2D eigenvalue weighted by Crippen LogP contribution is -2.24. The van der Waals surface area contributed by atoms with Crippen molar-refractivity contribution in [2.24, 2.45) is 5.92 Å². The highest BCUT2D eigenvalue weighted by atomic mass is 16.4. The molecule has 0 fully saturated rings. The number of hydrogen-bond acceptors (Lipinski definition) is 2. The lowest BCUT2D eigenvalue weighted by Gasteiger charge is -2.10. The average Bonchev–Trinajstić information content (AvgIpc) is 2.30. The second-order valence-electron chi connectivity index (χ2n) is 4.13. The van der Waals surface area contributed by atoms with Crippen LogP contribution in [0.4, 0.5) is 0 Å². The lowest BCUT2D eigenvalue weighted by atomic mass is 9.93. The molecule has 0 spiro atoms. The molecule has 0 saturated carbocycles. The van der Waals surface area contributed by atoms with Gasteiger partial charge in [-0.3, -0.25) is 9.59 Å². The van der Waals surface area contributed by atoms with Crippen molar-refractivity contribution in [1.82, 2.24) is 0 Å². The van der Waals surface area contributed by atoms with Gasteiger partial charge in [-0.1, -0.05) is 37.3 Å². The fourth-order valence-electron chi connectivity index (χ4n) is 1.80. The van der Waals surface area contributed by atoms with Crippen LogP contribution in [0.15, 0.2) is 30.3 Å². The second-order valence-corrected chi connectivity index (χ2v) is 4.13. The average molecular weight is 234 g/mol. The molecule has 17 heavy (non-hydrogen) atoms. The molecule has 3 heteroatoms. The predicted molar refractivity (Wildman–Crippen MR) is 65.8 cm³/mol. The van der Waals surface area contributed by atoms with Gasteiger partial charge < -0.3 is 5.11 Å². The Morgan fingerprint density at radius 2 is 1.88 bits per heavy atom. The Bertz CT molecular complexity index is 370. The van der Waals surface area contributed by atoms with Crippen molar-refractivity contribution in [3.05, 3.63) is 35.9 Å². The van der Waals surface area contributed by atoms with E-state index in [1.165, 1.54) is 0 Å². The number of carbonyl (C=O) groups excluding carboxylic acids is 1. The molecule has 0 aliphatic carbocycles. The third kappa shape index (κ3) is 4.39. The summed E-state index contributed by atoms with van der Waals surface area (Å²) in [5.41, 5.74) is 1.07. The molecule has 0 aliphatic heterocycles. The summed E-state index contributed by atoms with van der Waals surface area (Å²) in [5, 5.41) is 9.03. The molecule has 0 heterocycles. The molecule has 1 atom stereocenters. The SMILES string of the molecule is CCCC(=O)C(CCc1ccccc1)C(=O)O. The van der Waals surface area contributed by atoms with Gasteiger partial charge in [0.25, 0.3) is 0 Å². The van der Waals surface area contributed by atoms with E-state index >= 15 is 0 Å². The highest BCUT2D eigenvalue weighted by Crippen LogP contribution is 2.13. The number of carbonyl (C=O) groups is 2. The first-order chi connectivity index (χ1) is 8.15. The zero-order chi connectivity index (χ0) is 12.7. The maximum absolute atomic E-state index is 11.6. The standard InChI is InChI=1S/C14H18O3/c1-2-6-13(15)12(14(16)17)10-9-11-7-4-3-5-8-11/h3-5,7-8,12H,2,6,9-10H2,1H3,(H,16,17). The number of Topliss-reactive ketones (excluding diaryl/α,β-unsaturated/α-hetero) is 1. The van der Waals surface area contributed by atoms with Crippen LogP contribution in [0.25, 0.3) is 0 Å². The van der Waals surface area contributed by atoms with Gasteiger partial charge in [0, 0.05) is 6.42 Å². The van der Waals surface area contributed by atoms with Gasteiger partial charge in [-0.2, -0.15) is 0 Å². The van der Waals surface area contributed by atoms with E-state index in [0.29, 0.717) is 25.7 Å². The summed E-state index contributed by atoms with van der Waals surface area (Å²) < 4.78 is 0. The number of rotatable bonds is 7. The van der Waals surface area contributed by atoms with Crippen molar-refractivity contribution in [3.63, 3.8) is 0 Å². The molecule has 3 nitrogen and oxygen atoms in total. The number of aryl methyl sites for hydroxylation is 1. The smallest absolute Gasteiger partial charge is 0.314 e. The van der Waals surface area contributed by atoms with Gasteiger partial charge in [0.05, 0.1) is 0 Å². The van der Waals surface area contributed by atoms with Crippen molar-refractivity contribution in [3.8, 4) is 0 Å². The number of ketones is 1. The van der Waals surface area contributed by atoms with Crippen molar-refractivity contribution in [2.45, 2.75) is 32.6 Å². The number of carboxylic acid groups (broad SMARTS) is 1. The predicted octanol–water partition coefficient (Wildman–Crippen LogP) is 2.69. The highest BCUT2D eigenvalue weighted by Gasteiger charge is 2.24. The number of benzene rings is 1. The van der Waals surface area contributed by atoms with Crippen LogP contribution in [0.2, 0.25) is 0 Å². The lowest BCUT2D eigenvalue weighted by molar-refractivity contribution is -0.146. The highest BCUT2D eigenvalue weighted by molar-refractivity contribution is 5.98. The van der Waals surface area contributed by atoms with Gasteiger partial charge >= 0.3 is 5.97 Å². The van der Waals surface area contributed by atoms with Gasteiger partial charge in [0.2, 0.25) is 0 Å². The molecule has 0 bridgehead atoms. The molecule has 1 rings (SSSR count). The fraction of sp³-hybridized carbons (Fsp3) is 0.429. The van der Waals surface area contributed by atoms with E-state index in [2.05, 4.69) is 0 Å². The molecule has 0 aromatic heterocycles. The topological polar surface area (TPSA) is 54.4 Å². The normalized spacial score (nSPS) is 12.1. The van der Waals surface area contributed by atoms with Crippen molar-refractivity contribution < 1.29 is 14.7 Å². The van der Waals surface area contributed by atoms with E-state index in [1.54, 1.807) is 0 Å². The third-order valence-electron chi connectivity index (χ3n) is 2.75. The summed E-state index contributed by atoms with van der Waals surface area (Å²) in [6.07, 6.45) is 2.07. The van der Waals surface area contributed by atoms with E-state index < -0.39 is 11.9 Å². The van der Waals surface area contributed by atoms with E-state index in [4.69, 9.17) is 5.11 Å². The van der Waals surface area contributed by atoms with Crippen molar-refractivity contribution >= 4 is 11.8 Å². The quantitative estimate of drug-likeness (QED) is 0.738. The number of hydrogen-bond donors (Lipinski definition) is 1. The van der Waals surface area contributed by atoms with Crippen LogP contribution < -0.4 is 0 Å². The monoisotopic (exact) mass is 234 g/mol. The molecule has 1 aromatic rings. The van der Waals surface area contributed by atoms with Crippen LogP contribution in [-0.2, 0) is 16.0 Å². The van der Waals surface area contributed by atoms with Gasteiger partial charge in [0.1, 0.15) is 11.7 Å². The minimum Gasteiger partial charge on any atom is -0.481 e. The van der Waals surface area contributed by atoms with Crippen LogP contribution in [0, 0.1) is 5.92 Å². The summed E-state index contributed by atoms with van der Waals surface area (Å²) >= 11 is 0. The van der Waals surface area contributed by atoms with Crippen molar-refractivity contribution in [1.29, 1.82) is 0 Å². The van der Waals surface area contributed by atoms with Crippen LogP contribution in [0.3, 0.4) is 0 Å². The molecule has 1 aromatic carbocycles. The molecule has 0 saturated heterocycles. The number of carboxylic acids is 1. The first kappa shape index (κ1) is 13.4. The van der Waals surface area contributed by atoms with Crippen LogP contribution in [0.1, 0.15) is 31.7 Å². The summed E-state index contributed by atoms with van der Waals surface area (Å²) in [6.45, 7) is 1.88. The van der Waals surface area contributed by atoms with Gasteiger partial charge in [-0.25, -0.2) is 0 Å². The Hall–Kier alpha value is -1.64. The molecule has 1 unspecified atom stereocenters. The van der Waals surface area contributed by atoms with Gasteiger partial charge in [0.15, 0.2) is 0 Å². The van der Waals surface area contributed by atoms with Crippen LogP contribution in [-0.4, -0.2) is 16.9 Å². The van der Waals surface area contributed by atoms with Gasteiger partial charge in [-0.05, 0) is 24.8 Å². The van der Waals surface area contributed by atoms with E-state index in [1.807, 2.05) is 37.3 Å². The molecule has 0 aliphatic rings. The molecule has 0 radical (unpaired) electrons. The molecule has 0 amide bonds. The molecular weight excluding hydrogens is 216 g/mol. The summed E-state index contributed by atoms with van der Waals surface area (Å²) in [5.74, 6) is -2.01. The maximum Gasteiger partial charge on any atom is 0.314 e. The van der Waals surface area contributed by atoms with Crippen LogP contribution in [0.5, 0.6) is 0 Å². The number of aliphatic carboxylic acids is 1. The Kier molecular flexibility index (Phi) is 5.40. The Morgan fingerprint density at radius 3 is 2.41 bits per heavy atom. The minimum absolute atomic E-state index is 0.157. The third-order valence-corrected chi connectivity index (χ3v) is 2.75.